The van der Waals surface area contributed by atoms with Crippen LogP contribution in [0.2, 0.25) is 0 Å². The van der Waals surface area contributed by atoms with Crippen molar-refractivity contribution in [3.8, 4) is 11.5 Å². The molecule has 6 nitrogen and oxygen atoms in total. The van der Waals surface area contributed by atoms with Gasteiger partial charge < -0.3 is 19.7 Å². The molecule has 1 saturated heterocycles. The zero-order valence-corrected chi connectivity index (χ0v) is 16.8. The lowest BCUT2D eigenvalue weighted by atomic mass is 10.2. The molecule has 29 heavy (non-hydrogen) atoms. The number of rotatable bonds is 8. The van der Waals surface area contributed by atoms with E-state index in [-0.39, 0.29) is 11.8 Å². The molecule has 0 unspecified atom stereocenters. The third-order valence-corrected chi connectivity index (χ3v) is 4.52. The summed E-state index contributed by atoms with van der Waals surface area (Å²) in [7, 11) is 0. The van der Waals surface area contributed by atoms with Gasteiger partial charge in [0.15, 0.2) is 11.5 Å². The molecule has 0 aromatic heterocycles. The number of carbonyl (C=O) groups excluding carboxylic acids is 2. The number of hydrogen-bond acceptors (Lipinski definition) is 4. The quantitative estimate of drug-likeness (QED) is 0.679. The highest BCUT2D eigenvalue weighted by Gasteiger charge is 2.23. The topological polar surface area (TPSA) is 67.9 Å². The first kappa shape index (κ1) is 20.5. The van der Waals surface area contributed by atoms with Gasteiger partial charge in [0.05, 0.1) is 24.6 Å². The Hall–Kier alpha value is -3.28. The van der Waals surface area contributed by atoms with E-state index < -0.39 is 0 Å². The van der Waals surface area contributed by atoms with Gasteiger partial charge in [0.25, 0.3) is 0 Å². The molecule has 1 aliphatic heterocycles. The van der Waals surface area contributed by atoms with E-state index in [1.807, 2.05) is 50.2 Å². The number of nitrogens with zero attached hydrogens (tertiary/aromatic N) is 1. The molecular formula is C23H26N2O4. The smallest absolute Gasteiger partial charge is 0.248 e. The molecule has 1 heterocycles. The van der Waals surface area contributed by atoms with Crippen LogP contribution in [-0.2, 0) is 9.59 Å². The Morgan fingerprint density at radius 3 is 2.59 bits per heavy atom. The van der Waals surface area contributed by atoms with E-state index >= 15 is 0 Å². The Morgan fingerprint density at radius 2 is 1.86 bits per heavy atom. The van der Waals surface area contributed by atoms with Crippen molar-refractivity contribution in [2.45, 2.75) is 26.7 Å². The summed E-state index contributed by atoms with van der Waals surface area (Å²) in [6, 6.07) is 12.9. The Bertz CT molecular complexity index is 908. The Balaban J connectivity index is 1.72. The predicted octanol–water partition coefficient (Wildman–Crippen LogP) is 4.26. The van der Waals surface area contributed by atoms with Gasteiger partial charge in [-0.2, -0.15) is 0 Å². The summed E-state index contributed by atoms with van der Waals surface area (Å²) < 4.78 is 11.2. The number of nitrogens with one attached hydrogen (secondary N) is 1. The van der Waals surface area contributed by atoms with Gasteiger partial charge in [-0.1, -0.05) is 18.2 Å². The molecule has 1 aliphatic rings. The number of para-hydroxylation sites is 2. The minimum atomic E-state index is -0.268. The van der Waals surface area contributed by atoms with Gasteiger partial charge in [0.2, 0.25) is 11.8 Å². The summed E-state index contributed by atoms with van der Waals surface area (Å²) in [5, 5.41) is 2.87. The number of amides is 2. The molecule has 3 rings (SSSR count). The number of ether oxygens (including phenoxy) is 2. The lowest BCUT2D eigenvalue weighted by molar-refractivity contribution is -0.117. The van der Waals surface area contributed by atoms with Crippen molar-refractivity contribution in [3.63, 3.8) is 0 Å². The van der Waals surface area contributed by atoms with Crippen molar-refractivity contribution in [1.82, 2.24) is 0 Å². The molecule has 0 aliphatic carbocycles. The van der Waals surface area contributed by atoms with Crippen molar-refractivity contribution < 1.29 is 19.1 Å². The number of hydrogen-bond donors (Lipinski definition) is 1. The van der Waals surface area contributed by atoms with Crippen LogP contribution >= 0.6 is 0 Å². The average Bonchev–Trinajstić information content (AvgIpc) is 3.14. The predicted molar refractivity (Wildman–Crippen MR) is 114 cm³/mol. The van der Waals surface area contributed by atoms with Crippen LogP contribution < -0.4 is 19.7 Å². The van der Waals surface area contributed by atoms with Gasteiger partial charge in [0, 0.05) is 19.0 Å². The van der Waals surface area contributed by atoms with Crippen LogP contribution in [0.1, 0.15) is 32.3 Å². The Morgan fingerprint density at radius 1 is 1.10 bits per heavy atom. The standard InChI is InChI=1S/C23H26N2O4/c1-3-28-20-13-11-17(16-21(20)29-4-2)12-14-22(26)24-18-8-5-6-9-19(18)25-15-7-10-23(25)27/h5-6,8-9,11-14,16H,3-4,7,10,15H2,1-2H3,(H,24,26)/b14-12+. The third-order valence-electron chi connectivity index (χ3n) is 4.52. The summed E-state index contributed by atoms with van der Waals surface area (Å²) in [5.41, 5.74) is 2.19. The van der Waals surface area contributed by atoms with Gasteiger partial charge in [0.1, 0.15) is 0 Å². The van der Waals surface area contributed by atoms with E-state index in [4.69, 9.17) is 9.47 Å². The molecular weight excluding hydrogens is 368 g/mol. The highest BCUT2D eigenvalue weighted by atomic mass is 16.5. The van der Waals surface area contributed by atoms with E-state index in [2.05, 4.69) is 5.32 Å². The minimum absolute atomic E-state index is 0.0834. The van der Waals surface area contributed by atoms with E-state index in [0.717, 1.165) is 17.7 Å². The highest BCUT2D eigenvalue weighted by Crippen LogP contribution is 2.30. The molecule has 0 spiro atoms. The fourth-order valence-corrected chi connectivity index (χ4v) is 3.24. The molecule has 0 saturated carbocycles. The summed E-state index contributed by atoms with van der Waals surface area (Å²) in [6.45, 7) is 5.58. The van der Waals surface area contributed by atoms with Crippen molar-refractivity contribution in [2.24, 2.45) is 0 Å². The lowest BCUT2D eigenvalue weighted by Gasteiger charge is -2.19. The summed E-state index contributed by atoms with van der Waals surface area (Å²) in [6.07, 6.45) is 4.56. The molecule has 2 aromatic carbocycles. The van der Waals surface area contributed by atoms with Gasteiger partial charge in [-0.3, -0.25) is 9.59 Å². The van der Waals surface area contributed by atoms with Crippen LogP contribution in [0.3, 0.4) is 0 Å². The molecule has 6 heteroatoms. The van der Waals surface area contributed by atoms with Crippen molar-refractivity contribution in [1.29, 1.82) is 0 Å². The first-order valence-corrected chi connectivity index (χ1v) is 9.90. The Kier molecular flexibility index (Phi) is 6.89. The summed E-state index contributed by atoms with van der Waals surface area (Å²) in [4.78, 5) is 26.2. The number of benzene rings is 2. The van der Waals surface area contributed by atoms with Crippen LogP contribution in [-0.4, -0.2) is 31.6 Å². The zero-order chi connectivity index (χ0) is 20.6. The Labute approximate surface area is 171 Å². The molecule has 0 atom stereocenters. The minimum Gasteiger partial charge on any atom is -0.490 e. The van der Waals surface area contributed by atoms with Gasteiger partial charge in [-0.25, -0.2) is 0 Å². The SMILES string of the molecule is CCOc1ccc(/C=C/C(=O)Nc2ccccc2N2CCCC2=O)cc1OCC. The number of carbonyl (C=O) groups is 2. The molecule has 2 amide bonds. The average molecular weight is 394 g/mol. The maximum absolute atomic E-state index is 12.5. The first-order valence-electron chi connectivity index (χ1n) is 9.90. The maximum Gasteiger partial charge on any atom is 0.248 e. The summed E-state index contributed by atoms with van der Waals surface area (Å²) >= 11 is 0. The van der Waals surface area contributed by atoms with Crippen LogP contribution in [0.25, 0.3) is 6.08 Å². The molecule has 1 fully saturated rings. The van der Waals surface area contributed by atoms with Crippen molar-refractivity contribution in [2.75, 3.05) is 30.0 Å². The first-order chi connectivity index (χ1) is 14.1. The van der Waals surface area contributed by atoms with E-state index in [9.17, 15) is 9.59 Å². The molecule has 2 aromatic rings. The van der Waals surface area contributed by atoms with Crippen LogP contribution in [0.5, 0.6) is 11.5 Å². The monoisotopic (exact) mass is 394 g/mol. The second kappa shape index (κ2) is 9.78. The van der Waals surface area contributed by atoms with E-state index in [1.54, 1.807) is 17.0 Å². The van der Waals surface area contributed by atoms with Gasteiger partial charge in [-0.05, 0) is 56.2 Å². The third kappa shape index (κ3) is 5.16. The second-order valence-electron chi connectivity index (χ2n) is 6.56. The normalized spacial score (nSPS) is 13.7. The summed E-state index contributed by atoms with van der Waals surface area (Å²) in [5.74, 6) is 1.14. The fraction of sp³-hybridized carbons (Fsp3) is 0.304. The molecule has 152 valence electrons. The van der Waals surface area contributed by atoms with Crippen LogP contribution in [0.4, 0.5) is 11.4 Å². The van der Waals surface area contributed by atoms with Crippen molar-refractivity contribution in [3.05, 3.63) is 54.1 Å². The van der Waals surface area contributed by atoms with Gasteiger partial charge >= 0.3 is 0 Å². The molecule has 0 radical (unpaired) electrons. The van der Waals surface area contributed by atoms with Crippen LogP contribution in [0, 0.1) is 0 Å². The fourth-order valence-electron chi connectivity index (χ4n) is 3.24. The molecule has 1 N–H and O–H groups in total. The van der Waals surface area contributed by atoms with Crippen molar-refractivity contribution >= 4 is 29.3 Å². The largest absolute Gasteiger partial charge is 0.490 e. The van der Waals surface area contributed by atoms with Gasteiger partial charge in [-0.15, -0.1) is 0 Å². The zero-order valence-electron chi connectivity index (χ0n) is 16.8. The van der Waals surface area contributed by atoms with Crippen LogP contribution in [0.15, 0.2) is 48.5 Å². The second-order valence-corrected chi connectivity index (χ2v) is 6.56. The maximum atomic E-state index is 12.5. The van der Waals surface area contributed by atoms with E-state index in [0.29, 0.717) is 43.4 Å². The molecule has 0 bridgehead atoms. The lowest BCUT2D eigenvalue weighted by Crippen LogP contribution is -2.25. The van der Waals surface area contributed by atoms with E-state index in [1.165, 1.54) is 6.08 Å². The number of anilines is 2. The highest BCUT2D eigenvalue weighted by molar-refractivity contribution is 6.06.